The number of aliphatic hydroxyl groups is 1. The monoisotopic (exact) mass is 913 g/mol. The highest BCUT2D eigenvalue weighted by Gasteiger charge is 2.74. The Morgan fingerprint density at radius 3 is 2.28 bits per heavy atom. The minimum absolute atomic E-state index is 0.00305. The lowest BCUT2D eigenvalue weighted by Crippen LogP contribution is -2.77. The van der Waals surface area contributed by atoms with Crippen molar-refractivity contribution in [3.63, 3.8) is 0 Å². The SMILES string of the molecule is CO[C@H]1C(=O)[C@]2(C)[C@@H](OC)C[C@H]3OC[C@@]3(OC(C)=O)[C@H]2C[C@]2(O)C[C@H](OC(=O)[C@H](OC(=O)OCC3COC4(CCCCC4)O3)[C@@H](NC(=O)OC(C)(C)C)c3ccccc3)C(C)=C1C2(C)C. The highest BCUT2D eigenvalue weighted by atomic mass is 16.8. The third-order valence-corrected chi connectivity index (χ3v) is 14.9. The van der Waals surface area contributed by atoms with Crippen LogP contribution >= 0.6 is 0 Å². The van der Waals surface area contributed by atoms with Gasteiger partial charge in [-0.1, -0.05) is 50.6 Å². The fourth-order valence-corrected chi connectivity index (χ4v) is 11.5. The molecule has 2 aliphatic heterocycles. The van der Waals surface area contributed by atoms with Gasteiger partial charge in [-0.05, 0) is 70.6 Å². The zero-order chi connectivity index (χ0) is 47.3. The number of benzene rings is 1. The van der Waals surface area contributed by atoms with E-state index in [9.17, 15) is 24.3 Å². The molecular formula is C48H67NO16. The summed E-state index contributed by atoms with van der Waals surface area (Å²) in [6.07, 6.45) is -3.97. The summed E-state index contributed by atoms with van der Waals surface area (Å²) in [6, 6.07) is 7.03. The van der Waals surface area contributed by atoms with Crippen LogP contribution in [-0.2, 0) is 61.8 Å². The van der Waals surface area contributed by atoms with Crippen LogP contribution in [0, 0.1) is 16.7 Å². The summed E-state index contributed by atoms with van der Waals surface area (Å²) in [5.41, 5.74) is -5.28. The van der Waals surface area contributed by atoms with Crippen molar-refractivity contribution in [1.82, 2.24) is 5.32 Å². The molecule has 1 spiro atoms. The average Bonchev–Trinajstić information content (AvgIpc) is 3.63. The number of ketones is 1. The maximum absolute atomic E-state index is 15.3. The molecule has 65 heavy (non-hydrogen) atoms. The van der Waals surface area contributed by atoms with Crippen LogP contribution in [0.5, 0.6) is 0 Å². The van der Waals surface area contributed by atoms with Gasteiger partial charge >= 0.3 is 24.2 Å². The minimum atomic E-state index is -1.88. The third-order valence-electron chi connectivity index (χ3n) is 14.9. The van der Waals surface area contributed by atoms with E-state index in [1.807, 2.05) is 13.8 Å². The molecule has 0 radical (unpaired) electrons. The second-order valence-corrected chi connectivity index (χ2v) is 20.4. The summed E-state index contributed by atoms with van der Waals surface area (Å²) in [5.74, 6) is -3.58. The van der Waals surface area contributed by atoms with Crippen molar-refractivity contribution in [2.75, 3.05) is 34.0 Å². The summed E-state index contributed by atoms with van der Waals surface area (Å²) < 4.78 is 59.8. The molecule has 360 valence electrons. The van der Waals surface area contributed by atoms with E-state index in [2.05, 4.69) is 5.32 Å². The van der Waals surface area contributed by atoms with Crippen LogP contribution in [-0.4, -0.2) is 128 Å². The van der Waals surface area contributed by atoms with Crippen molar-refractivity contribution >= 4 is 30.0 Å². The predicted octanol–water partition coefficient (Wildman–Crippen LogP) is 5.97. The Hall–Kier alpha value is -4.13. The van der Waals surface area contributed by atoms with E-state index >= 15 is 4.79 Å². The molecule has 1 aromatic carbocycles. The molecule has 1 aromatic rings. The second-order valence-electron chi connectivity index (χ2n) is 20.4. The predicted molar refractivity (Wildman–Crippen MR) is 229 cm³/mol. The number of amides is 1. The summed E-state index contributed by atoms with van der Waals surface area (Å²) in [4.78, 5) is 70.2. The zero-order valence-corrected chi connectivity index (χ0v) is 39.4. The zero-order valence-electron chi connectivity index (χ0n) is 39.4. The van der Waals surface area contributed by atoms with Gasteiger partial charge in [-0.15, -0.1) is 0 Å². The first kappa shape index (κ1) is 48.8. The lowest BCUT2D eigenvalue weighted by atomic mass is 9.46. The number of fused-ring (bicyclic) bond motifs is 5. The van der Waals surface area contributed by atoms with Gasteiger partial charge in [0.15, 0.2) is 17.2 Å². The highest BCUT2D eigenvalue weighted by Crippen LogP contribution is 2.64. The lowest BCUT2D eigenvalue weighted by Gasteiger charge is -2.66. The number of hydrogen-bond donors (Lipinski definition) is 2. The van der Waals surface area contributed by atoms with Crippen molar-refractivity contribution < 1.29 is 76.4 Å². The number of ether oxygens (including phenoxy) is 10. The maximum Gasteiger partial charge on any atom is 0.509 e. The van der Waals surface area contributed by atoms with E-state index in [1.54, 1.807) is 65.0 Å². The number of nitrogens with one attached hydrogen (secondary N) is 1. The Bertz CT molecular complexity index is 2010. The van der Waals surface area contributed by atoms with Crippen molar-refractivity contribution in [2.45, 2.75) is 172 Å². The van der Waals surface area contributed by atoms with Crippen LogP contribution in [0.4, 0.5) is 9.59 Å². The van der Waals surface area contributed by atoms with E-state index < -0.39 is 106 Å². The van der Waals surface area contributed by atoms with Crippen molar-refractivity contribution in [2.24, 2.45) is 16.7 Å². The molecule has 4 aliphatic carbocycles. The summed E-state index contributed by atoms with van der Waals surface area (Å²) >= 11 is 0. The van der Waals surface area contributed by atoms with E-state index in [-0.39, 0.29) is 44.9 Å². The average molecular weight is 914 g/mol. The largest absolute Gasteiger partial charge is 0.509 e. The molecule has 2 saturated heterocycles. The first-order valence-corrected chi connectivity index (χ1v) is 22.8. The summed E-state index contributed by atoms with van der Waals surface area (Å²) in [6.45, 7) is 13.4. The normalized spacial score (nSPS) is 34.6. The Morgan fingerprint density at radius 2 is 1.68 bits per heavy atom. The molecule has 2 bridgehead atoms. The van der Waals surface area contributed by atoms with Crippen LogP contribution in [0.1, 0.15) is 118 Å². The first-order chi connectivity index (χ1) is 30.5. The minimum Gasteiger partial charge on any atom is -0.455 e. The van der Waals surface area contributed by atoms with Crippen LogP contribution in [0.3, 0.4) is 0 Å². The number of carbonyl (C=O) groups is 5. The van der Waals surface area contributed by atoms with Gasteiger partial charge in [-0.3, -0.25) is 9.59 Å². The van der Waals surface area contributed by atoms with Gasteiger partial charge in [-0.25, -0.2) is 14.4 Å². The molecule has 7 rings (SSSR count). The molecule has 2 heterocycles. The highest BCUT2D eigenvalue weighted by molar-refractivity contribution is 5.93. The lowest BCUT2D eigenvalue weighted by molar-refractivity contribution is -0.329. The second kappa shape index (κ2) is 18.2. The van der Waals surface area contributed by atoms with E-state index in [1.165, 1.54) is 21.1 Å². The standard InChI is InChI=1S/C48H67NO16/c1-27-31(22-46(55)23-32-45(8,39(51)37(57-10)35(27)44(46,6)7)33(56-9)21-34-48(32,26-59-34)63-28(2)50)61-40(52)38(36(29-17-13-11-14-18-29)49-41(53)65-43(3,4)5)62-42(54)58-24-30-25-60-47(64-30)19-15-12-16-20-47/h11,13-14,17-18,30-34,36-38,55H,12,15-16,19-26H2,1-10H3,(H,49,53)/t30?,31-,32-,33-,34+,36-,37+,38+,45-,46+,48+/m0/s1. The van der Waals surface area contributed by atoms with E-state index in [0.29, 0.717) is 16.7 Å². The molecule has 1 amide bonds. The quantitative estimate of drug-likeness (QED) is 0.149. The third kappa shape index (κ3) is 9.05. The molecule has 17 heteroatoms. The van der Waals surface area contributed by atoms with Crippen molar-refractivity contribution in [1.29, 1.82) is 0 Å². The van der Waals surface area contributed by atoms with Gasteiger partial charge in [0.1, 0.15) is 42.7 Å². The fraction of sp³-hybridized carbons (Fsp3) is 0.729. The van der Waals surface area contributed by atoms with Crippen LogP contribution in [0.2, 0.25) is 0 Å². The van der Waals surface area contributed by atoms with Gasteiger partial charge in [0.05, 0.1) is 30.3 Å². The van der Waals surface area contributed by atoms with Gasteiger partial charge in [0.25, 0.3) is 0 Å². The molecule has 0 aromatic heterocycles. The number of Topliss-reactive ketones (excluding diaryl/α,β-unsaturated/α-hetero) is 1. The fourth-order valence-electron chi connectivity index (χ4n) is 11.5. The van der Waals surface area contributed by atoms with Gasteiger partial charge in [-0.2, -0.15) is 0 Å². The van der Waals surface area contributed by atoms with E-state index in [0.717, 1.165) is 32.1 Å². The van der Waals surface area contributed by atoms with Crippen molar-refractivity contribution in [3.8, 4) is 0 Å². The molecule has 6 aliphatic rings. The topological polar surface area (TPSA) is 210 Å². The van der Waals surface area contributed by atoms with Crippen LogP contribution < -0.4 is 5.32 Å². The number of alkyl carbamates (subject to hydrolysis) is 1. The van der Waals surface area contributed by atoms with Gasteiger partial charge < -0.3 is 57.8 Å². The Labute approximate surface area is 380 Å². The Kier molecular flexibility index (Phi) is 13.6. The number of carbonyl (C=O) groups excluding carboxylic acids is 5. The molecule has 1 unspecified atom stereocenters. The number of hydrogen-bond acceptors (Lipinski definition) is 16. The smallest absolute Gasteiger partial charge is 0.455 e. The van der Waals surface area contributed by atoms with Crippen LogP contribution in [0.15, 0.2) is 41.5 Å². The Balaban J connectivity index is 1.24. The maximum atomic E-state index is 15.3. The molecule has 17 nitrogen and oxygen atoms in total. The molecule has 5 fully saturated rings. The van der Waals surface area contributed by atoms with Crippen molar-refractivity contribution in [3.05, 3.63) is 47.0 Å². The van der Waals surface area contributed by atoms with E-state index in [4.69, 9.17) is 47.4 Å². The molecule has 3 saturated carbocycles. The Morgan fingerprint density at radius 1 is 0.985 bits per heavy atom. The number of esters is 2. The molecule has 11 atom stereocenters. The summed E-state index contributed by atoms with van der Waals surface area (Å²) in [5, 5.41) is 16.0. The summed E-state index contributed by atoms with van der Waals surface area (Å²) in [7, 11) is 2.91. The van der Waals surface area contributed by atoms with Gasteiger partial charge in [0, 0.05) is 58.2 Å². The first-order valence-electron chi connectivity index (χ1n) is 22.8. The molecular weight excluding hydrogens is 847 g/mol. The number of rotatable bonds is 11. The molecule has 2 N–H and O–H groups in total. The van der Waals surface area contributed by atoms with Crippen LogP contribution in [0.25, 0.3) is 0 Å². The van der Waals surface area contributed by atoms with Gasteiger partial charge in [0.2, 0.25) is 6.10 Å². The number of methoxy groups -OCH3 is 2.